The number of halogens is 1. The molecule has 1 aromatic carbocycles. The molecule has 2 N–H and O–H groups in total. The van der Waals surface area contributed by atoms with E-state index in [-0.39, 0.29) is 35.8 Å². The Labute approximate surface area is 228 Å². The fourth-order valence-corrected chi connectivity index (χ4v) is 5.73. The van der Waals surface area contributed by atoms with E-state index in [2.05, 4.69) is 15.6 Å². The minimum Gasteiger partial charge on any atom is -0.385 e. The number of rotatable bonds is 7. The molecule has 40 heavy (non-hydrogen) atoms. The van der Waals surface area contributed by atoms with Crippen molar-refractivity contribution in [2.75, 3.05) is 11.9 Å². The minimum atomic E-state index is -0.984. The van der Waals surface area contributed by atoms with Gasteiger partial charge in [-0.2, -0.15) is 5.10 Å². The molecule has 11 heteroatoms. The quantitative estimate of drug-likeness (QED) is 0.439. The number of benzene rings is 1. The van der Waals surface area contributed by atoms with Crippen molar-refractivity contribution in [2.45, 2.75) is 57.0 Å². The number of pyridine rings is 1. The van der Waals surface area contributed by atoms with Crippen LogP contribution < -0.4 is 10.6 Å². The number of piperidine rings is 1. The van der Waals surface area contributed by atoms with Gasteiger partial charge in [-0.15, -0.1) is 0 Å². The average Bonchev–Trinajstić information content (AvgIpc) is 3.87. The van der Waals surface area contributed by atoms with Crippen LogP contribution in [0.5, 0.6) is 0 Å². The topological polar surface area (TPSA) is 126 Å². The number of aryl methyl sites for hydroxylation is 1. The zero-order chi connectivity index (χ0) is 27.7. The molecule has 3 aromatic rings. The lowest BCUT2D eigenvalue weighted by molar-refractivity contribution is -0.136. The molecule has 1 saturated heterocycles. The zero-order valence-corrected chi connectivity index (χ0v) is 21.8. The van der Waals surface area contributed by atoms with Crippen molar-refractivity contribution >= 4 is 29.3 Å². The van der Waals surface area contributed by atoms with Crippen molar-refractivity contribution in [2.24, 2.45) is 5.92 Å². The molecular weight excluding hydrogens is 515 g/mol. The summed E-state index contributed by atoms with van der Waals surface area (Å²) < 4.78 is 15.8. The van der Waals surface area contributed by atoms with Gasteiger partial charge >= 0.3 is 0 Å². The summed E-state index contributed by atoms with van der Waals surface area (Å²) >= 11 is 0. The molecule has 4 aliphatic rings. The van der Waals surface area contributed by atoms with E-state index in [9.17, 15) is 23.6 Å². The third-order valence-electron chi connectivity index (χ3n) is 8.26. The van der Waals surface area contributed by atoms with Crippen LogP contribution >= 0.6 is 0 Å². The van der Waals surface area contributed by atoms with Crippen LogP contribution in [0, 0.1) is 18.7 Å². The predicted molar refractivity (Wildman–Crippen MR) is 141 cm³/mol. The second-order valence-electron chi connectivity index (χ2n) is 11.1. The molecule has 2 aromatic heterocycles. The molecule has 7 rings (SSSR count). The molecule has 1 unspecified atom stereocenters. The summed E-state index contributed by atoms with van der Waals surface area (Å²) in [5, 5.41) is 10.5. The Kier molecular flexibility index (Phi) is 5.58. The van der Waals surface area contributed by atoms with E-state index in [1.807, 2.05) is 10.9 Å². The first-order valence-electron chi connectivity index (χ1n) is 13.6. The van der Waals surface area contributed by atoms with Gasteiger partial charge in [-0.3, -0.25) is 34.1 Å². The Hall–Kier alpha value is -4.41. The average molecular weight is 543 g/mol. The highest BCUT2D eigenvalue weighted by atomic mass is 19.1. The number of carbonyl (C=O) groups excluding carboxylic acids is 4. The van der Waals surface area contributed by atoms with Gasteiger partial charge in [0.25, 0.3) is 11.8 Å². The summed E-state index contributed by atoms with van der Waals surface area (Å²) in [5.74, 6) is -1.64. The second-order valence-corrected chi connectivity index (χ2v) is 11.1. The van der Waals surface area contributed by atoms with Gasteiger partial charge in [0.05, 0.1) is 34.3 Å². The van der Waals surface area contributed by atoms with E-state index in [4.69, 9.17) is 5.10 Å². The van der Waals surface area contributed by atoms with Crippen LogP contribution in [0.2, 0.25) is 0 Å². The normalized spacial score (nSPS) is 23.9. The third kappa shape index (κ3) is 4.16. The van der Waals surface area contributed by atoms with Crippen molar-refractivity contribution in [3.05, 3.63) is 64.9 Å². The fraction of sp³-hybridized carbons (Fsp3) is 0.379. The summed E-state index contributed by atoms with van der Waals surface area (Å²) in [7, 11) is 0. The van der Waals surface area contributed by atoms with Crippen LogP contribution in [0.1, 0.15) is 76.2 Å². The molecule has 0 radical (unpaired) electrons. The summed E-state index contributed by atoms with van der Waals surface area (Å²) in [5.41, 5.74) is 4.32. The number of anilines is 1. The Morgan fingerprint density at radius 1 is 1.02 bits per heavy atom. The van der Waals surface area contributed by atoms with Crippen LogP contribution in [0.15, 0.2) is 36.5 Å². The number of carbonyl (C=O) groups is 4. The summed E-state index contributed by atoms with van der Waals surface area (Å²) in [6.07, 6.45) is 5.37. The maximum Gasteiger partial charge on any atom is 0.262 e. The molecule has 3 atom stereocenters. The van der Waals surface area contributed by atoms with Crippen LogP contribution in [-0.4, -0.2) is 55.9 Å². The van der Waals surface area contributed by atoms with Gasteiger partial charge in [-0.1, -0.05) is 0 Å². The molecule has 4 heterocycles. The number of hydrogen-bond acceptors (Lipinski definition) is 7. The standard InChI is InChI=1S/C29H27FN6O4/c1-14-21(30)6-7-22(32-14)20-13-35(34-26(20)15-2-3-15)24-10-16(24)12-31-17-4-5-18-19(11-17)29(40)36(28(18)39)23-8-9-25(37)33-27(23)38/h4-7,11,13,15-16,23-24,31H,2-3,8-10,12H2,1H3,(H,33,37,38)/t16-,23?,24+/m0/s1. The number of nitrogens with zero attached hydrogens (tertiary/aromatic N) is 4. The Morgan fingerprint density at radius 2 is 1.82 bits per heavy atom. The van der Waals surface area contributed by atoms with Crippen molar-refractivity contribution in [1.29, 1.82) is 0 Å². The lowest BCUT2D eigenvalue weighted by Gasteiger charge is -2.27. The monoisotopic (exact) mass is 542 g/mol. The van der Waals surface area contributed by atoms with Crippen molar-refractivity contribution in [3.8, 4) is 11.3 Å². The van der Waals surface area contributed by atoms with Crippen molar-refractivity contribution in [3.63, 3.8) is 0 Å². The summed E-state index contributed by atoms with van der Waals surface area (Å²) in [6, 6.07) is 7.42. The minimum absolute atomic E-state index is 0.0825. The number of aromatic nitrogens is 3. The van der Waals surface area contributed by atoms with Crippen LogP contribution in [0.3, 0.4) is 0 Å². The zero-order valence-electron chi connectivity index (χ0n) is 21.8. The molecule has 204 valence electrons. The van der Waals surface area contributed by atoms with Crippen molar-refractivity contribution < 1.29 is 23.6 Å². The van der Waals surface area contributed by atoms with Gasteiger partial charge < -0.3 is 5.32 Å². The Morgan fingerprint density at radius 3 is 2.58 bits per heavy atom. The van der Waals surface area contributed by atoms with Crippen LogP contribution in [-0.2, 0) is 9.59 Å². The molecule has 0 spiro atoms. The molecule has 10 nitrogen and oxygen atoms in total. The fourth-order valence-electron chi connectivity index (χ4n) is 5.73. The predicted octanol–water partition coefficient (Wildman–Crippen LogP) is 3.34. The number of nitrogens with one attached hydrogen (secondary N) is 2. The van der Waals surface area contributed by atoms with E-state index in [1.165, 1.54) is 6.07 Å². The lowest BCUT2D eigenvalue weighted by Crippen LogP contribution is -2.54. The van der Waals surface area contributed by atoms with Gasteiger partial charge in [-0.05, 0) is 62.9 Å². The van der Waals surface area contributed by atoms with Crippen LogP contribution in [0.4, 0.5) is 10.1 Å². The first-order chi connectivity index (χ1) is 19.3. The summed E-state index contributed by atoms with van der Waals surface area (Å²) in [6.45, 7) is 2.32. The SMILES string of the molecule is Cc1nc(-c2cn([C@@H]3C[C@H]3CNc3ccc4c(c3)C(=O)N(C3CCC(=O)NC3=O)C4=O)nc2C2CC2)ccc1F. The summed E-state index contributed by atoms with van der Waals surface area (Å²) in [4.78, 5) is 55.2. The number of imide groups is 2. The number of fused-ring (bicyclic) bond motifs is 1. The first-order valence-corrected chi connectivity index (χ1v) is 13.6. The highest BCUT2D eigenvalue weighted by Gasteiger charge is 2.45. The number of hydrogen-bond donors (Lipinski definition) is 2. The Balaban J connectivity index is 1.03. The third-order valence-corrected chi connectivity index (χ3v) is 8.26. The van der Waals surface area contributed by atoms with Gasteiger partial charge in [0.2, 0.25) is 11.8 Å². The largest absolute Gasteiger partial charge is 0.385 e. The molecular formula is C29H27FN6O4. The molecule has 4 amide bonds. The van der Waals surface area contributed by atoms with Gasteiger partial charge in [0.15, 0.2) is 0 Å². The molecule has 2 aliphatic heterocycles. The molecule has 2 saturated carbocycles. The van der Waals surface area contributed by atoms with E-state index in [0.29, 0.717) is 29.8 Å². The highest BCUT2D eigenvalue weighted by molar-refractivity contribution is 6.23. The number of amides is 4. The Bertz CT molecular complexity index is 1610. The van der Waals surface area contributed by atoms with Crippen molar-refractivity contribution in [1.82, 2.24) is 25.0 Å². The smallest absolute Gasteiger partial charge is 0.262 e. The van der Waals surface area contributed by atoms with Gasteiger partial charge in [0, 0.05) is 42.2 Å². The van der Waals surface area contributed by atoms with E-state index in [1.54, 1.807) is 31.2 Å². The van der Waals surface area contributed by atoms with E-state index >= 15 is 0 Å². The van der Waals surface area contributed by atoms with E-state index in [0.717, 1.165) is 41.1 Å². The van der Waals surface area contributed by atoms with Gasteiger partial charge in [0.1, 0.15) is 11.9 Å². The maximum atomic E-state index is 13.8. The molecule has 0 bridgehead atoms. The highest BCUT2D eigenvalue weighted by Crippen LogP contribution is 2.47. The van der Waals surface area contributed by atoms with E-state index < -0.39 is 29.7 Å². The first kappa shape index (κ1) is 24.6. The van der Waals surface area contributed by atoms with Gasteiger partial charge in [-0.25, -0.2) is 9.37 Å². The van der Waals surface area contributed by atoms with Crippen LogP contribution in [0.25, 0.3) is 11.3 Å². The molecule has 3 fully saturated rings. The second kappa shape index (κ2) is 9.07. The molecule has 2 aliphatic carbocycles. The maximum absolute atomic E-state index is 13.8. The lowest BCUT2D eigenvalue weighted by atomic mass is 10.0.